The molecule has 0 spiro atoms. The second kappa shape index (κ2) is 10.8. The molecular weight excluding hydrogens is 472 g/mol. The average Bonchev–Trinajstić information content (AvgIpc) is 2.92. The van der Waals surface area contributed by atoms with E-state index < -0.39 is 0 Å². The summed E-state index contributed by atoms with van der Waals surface area (Å²) in [5.41, 5.74) is 7.34. The maximum Gasteiger partial charge on any atom is 0.161 e. The standard InChI is InChI=1S/C30H31ClN2O3/c1-19(33-36-18-20-11-13-23(31)14-12-20)21-7-6-8-22(15-21)30-26-17-29(35-3)28(34-2)16-25(26)24-9-4-5-10-27(24)32-30/h6-8,11-17,24,27H,4-5,9-10,18H2,1-3H3/b33-19+/t24-,27-/m1/s1. The highest BCUT2D eigenvalue weighted by molar-refractivity contribution is 6.30. The Bertz CT molecular complexity index is 1300. The second-order valence-corrected chi connectivity index (χ2v) is 9.82. The third kappa shape index (κ3) is 4.98. The first-order valence-electron chi connectivity index (χ1n) is 12.4. The molecule has 3 aromatic carbocycles. The smallest absolute Gasteiger partial charge is 0.161 e. The molecule has 5 nitrogen and oxygen atoms in total. The van der Waals surface area contributed by atoms with Gasteiger partial charge in [0.2, 0.25) is 0 Å². The lowest BCUT2D eigenvalue weighted by Gasteiger charge is -2.35. The number of fused-ring (bicyclic) bond motifs is 3. The van der Waals surface area contributed by atoms with E-state index in [4.69, 9.17) is 30.9 Å². The normalized spacial score (nSPS) is 19.1. The average molecular weight is 503 g/mol. The van der Waals surface area contributed by atoms with Crippen molar-refractivity contribution < 1.29 is 14.3 Å². The van der Waals surface area contributed by atoms with Crippen LogP contribution in [0.2, 0.25) is 5.02 Å². The molecule has 5 rings (SSSR count). The van der Waals surface area contributed by atoms with Crippen LogP contribution < -0.4 is 9.47 Å². The van der Waals surface area contributed by atoms with Gasteiger partial charge in [-0.2, -0.15) is 0 Å². The van der Waals surface area contributed by atoms with Crippen LogP contribution in [0.1, 0.15) is 66.3 Å². The van der Waals surface area contributed by atoms with Crippen molar-refractivity contribution in [1.82, 2.24) is 0 Å². The van der Waals surface area contributed by atoms with Crippen LogP contribution in [0.4, 0.5) is 0 Å². The molecule has 1 aliphatic heterocycles. The van der Waals surface area contributed by atoms with Crippen LogP contribution in [0.5, 0.6) is 11.5 Å². The SMILES string of the molecule is COc1cc2c(cc1OC)[C@H]1CCCC[C@H]1N=C2c1cccc(/C(C)=N/OCc2ccc(Cl)cc2)c1. The zero-order valence-corrected chi connectivity index (χ0v) is 21.7. The van der Waals surface area contributed by atoms with Crippen molar-refractivity contribution in [2.75, 3.05) is 14.2 Å². The minimum absolute atomic E-state index is 0.292. The highest BCUT2D eigenvalue weighted by Gasteiger charge is 2.34. The zero-order valence-electron chi connectivity index (χ0n) is 21.0. The maximum atomic E-state index is 5.97. The van der Waals surface area contributed by atoms with E-state index in [1.807, 2.05) is 31.2 Å². The second-order valence-electron chi connectivity index (χ2n) is 9.39. The summed E-state index contributed by atoms with van der Waals surface area (Å²) in [6, 6.07) is 20.5. The third-order valence-corrected chi connectivity index (χ3v) is 7.39. The van der Waals surface area contributed by atoms with E-state index in [2.05, 4.69) is 41.6 Å². The molecule has 0 aromatic heterocycles. The van der Waals surface area contributed by atoms with Crippen molar-refractivity contribution in [3.8, 4) is 11.5 Å². The molecule has 1 saturated carbocycles. The predicted octanol–water partition coefficient (Wildman–Crippen LogP) is 7.18. The summed E-state index contributed by atoms with van der Waals surface area (Å²) in [6.45, 7) is 2.35. The van der Waals surface area contributed by atoms with Crippen LogP contribution in [0, 0.1) is 0 Å². The summed E-state index contributed by atoms with van der Waals surface area (Å²) in [6.07, 6.45) is 4.72. The van der Waals surface area contributed by atoms with E-state index in [-0.39, 0.29) is 0 Å². The molecule has 0 N–H and O–H groups in total. The van der Waals surface area contributed by atoms with Gasteiger partial charge in [-0.15, -0.1) is 0 Å². The van der Waals surface area contributed by atoms with E-state index in [0.717, 1.165) is 58.0 Å². The van der Waals surface area contributed by atoms with Crippen LogP contribution in [0.25, 0.3) is 0 Å². The largest absolute Gasteiger partial charge is 0.493 e. The number of hydrogen-bond donors (Lipinski definition) is 0. The Morgan fingerprint density at radius 1 is 0.972 bits per heavy atom. The maximum absolute atomic E-state index is 5.97. The Kier molecular flexibility index (Phi) is 7.28. The van der Waals surface area contributed by atoms with E-state index >= 15 is 0 Å². The Hall–Kier alpha value is -3.31. The number of methoxy groups -OCH3 is 2. The van der Waals surface area contributed by atoms with Crippen molar-refractivity contribution in [3.63, 3.8) is 0 Å². The molecule has 1 heterocycles. The first kappa shape index (κ1) is 24.4. The number of halogens is 1. The van der Waals surface area contributed by atoms with Gasteiger partial charge in [0.15, 0.2) is 11.5 Å². The Morgan fingerprint density at radius 2 is 1.72 bits per heavy atom. The van der Waals surface area contributed by atoms with E-state index in [9.17, 15) is 0 Å². The van der Waals surface area contributed by atoms with Crippen molar-refractivity contribution in [2.24, 2.45) is 10.1 Å². The van der Waals surface area contributed by atoms with Gasteiger partial charge in [-0.05, 0) is 66.8 Å². The molecule has 0 unspecified atom stereocenters. The fourth-order valence-electron chi connectivity index (χ4n) is 5.23. The molecule has 0 radical (unpaired) electrons. The van der Waals surface area contributed by atoms with Crippen LogP contribution in [-0.4, -0.2) is 31.7 Å². The van der Waals surface area contributed by atoms with Crippen LogP contribution in [0.15, 0.2) is 70.8 Å². The summed E-state index contributed by atoms with van der Waals surface area (Å²) in [4.78, 5) is 10.9. The molecule has 6 heteroatoms. The number of oxime groups is 1. The number of ether oxygens (including phenoxy) is 2. The van der Waals surface area contributed by atoms with Crippen molar-refractivity contribution in [3.05, 3.63) is 93.5 Å². The fraction of sp³-hybridized carbons (Fsp3) is 0.333. The molecular formula is C30H31ClN2O3. The molecule has 1 fully saturated rings. The summed E-state index contributed by atoms with van der Waals surface area (Å²) in [7, 11) is 3.37. The number of hydrogen-bond acceptors (Lipinski definition) is 5. The van der Waals surface area contributed by atoms with E-state index in [0.29, 0.717) is 23.6 Å². The molecule has 0 amide bonds. The summed E-state index contributed by atoms with van der Waals surface area (Å²) in [5.74, 6) is 1.92. The Labute approximate surface area is 217 Å². The van der Waals surface area contributed by atoms with Gasteiger partial charge in [-0.3, -0.25) is 4.99 Å². The number of aliphatic imine (C=N–C) groups is 1. The van der Waals surface area contributed by atoms with Crippen molar-refractivity contribution in [2.45, 2.75) is 51.2 Å². The predicted molar refractivity (Wildman–Crippen MR) is 145 cm³/mol. The van der Waals surface area contributed by atoms with Crippen LogP contribution >= 0.6 is 11.6 Å². The summed E-state index contributed by atoms with van der Waals surface area (Å²) >= 11 is 5.97. The Balaban J connectivity index is 1.46. The minimum atomic E-state index is 0.292. The zero-order chi connectivity index (χ0) is 25.1. The third-order valence-electron chi connectivity index (χ3n) is 7.13. The number of rotatable bonds is 7. The molecule has 2 atom stereocenters. The molecule has 3 aromatic rings. The minimum Gasteiger partial charge on any atom is -0.493 e. The van der Waals surface area contributed by atoms with Gasteiger partial charge in [0, 0.05) is 22.1 Å². The molecule has 2 aliphatic rings. The van der Waals surface area contributed by atoms with Crippen LogP contribution in [0.3, 0.4) is 0 Å². The van der Waals surface area contributed by atoms with Gasteiger partial charge in [0.1, 0.15) is 6.61 Å². The molecule has 0 saturated heterocycles. The molecule has 0 bridgehead atoms. The summed E-state index contributed by atoms with van der Waals surface area (Å²) in [5, 5.41) is 5.07. The van der Waals surface area contributed by atoms with Gasteiger partial charge in [-0.25, -0.2) is 0 Å². The molecule has 36 heavy (non-hydrogen) atoms. The molecule has 186 valence electrons. The van der Waals surface area contributed by atoms with Crippen molar-refractivity contribution >= 4 is 23.0 Å². The lowest BCUT2D eigenvalue weighted by Crippen LogP contribution is -2.29. The highest BCUT2D eigenvalue weighted by atomic mass is 35.5. The first-order chi connectivity index (χ1) is 17.6. The Morgan fingerprint density at radius 3 is 2.50 bits per heavy atom. The number of benzene rings is 3. The quantitative estimate of drug-likeness (QED) is 0.254. The van der Waals surface area contributed by atoms with E-state index in [1.54, 1.807) is 14.2 Å². The molecule has 1 aliphatic carbocycles. The fourth-order valence-corrected chi connectivity index (χ4v) is 5.36. The van der Waals surface area contributed by atoms with Gasteiger partial charge >= 0.3 is 0 Å². The van der Waals surface area contributed by atoms with Gasteiger partial charge in [-0.1, -0.05) is 59.9 Å². The lowest BCUT2D eigenvalue weighted by atomic mass is 9.75. The van der Waals surface area contributed by atoms with E-state index in [1.165, 1.54) is 18.4 Å². The van der Waals surface area contributed by atoms with Gasteiger partial charge in [0.25, 0.3) is 0 Å². The van der Waals surface area contributed by atoms with Crippen LogP contribution in [-0.2, 0) is 11.4 Å². The number of nitrogens with zero attached hydrogens (tertiary/aromatic N) is 2. The topological polar surface area (TPSA) is 52.4 Å². The van der Waals surface area contributed by atoms with Gasteiger partial charge < -0.3 is 14.3 Å². The highest BCUT2D eigenvalue weighted by Crippen LogP contribution is 2.44. The first-order valence-corrected chi connectivity index (χ1v) is 12.8. The van der Waals surface area contributed by atoms with Gasteiger partial charge in [0.05, 0.1) is 31.7 Å². The lowest BCUT2D eigenvalue weighted by molar-refractivity contribution is 0.130. The van der Waals surface area contributed by atoms with Crippen molar-refractivity contribution in [1.29, 1.82) is 0 Å². The summed E-state index contributed by atoms with van der Waals surface area (Å²) < 4.78 is 11.3. The monoisotopic (exact) mass is 502 g/mol.